The van der Waals surface area contributed by atoms with Crippen molar-refractivity contribution in [3.63, 3.8) is 0 Å². The van der Waals surface area contributed by atoms with Gasteiger partial charge in [0.25, 0.3) is 5.91 Å². The summed E-state index contributed by atoms with van der Waals surface area (Å²) in [6, 6.07) is 6.03. The number of amides is 1. The van der Waals surface area contributed by atoms with E-state index in [1.807, 2.05) is 12.1 Å². The van der Waals surface area contributed by atoms with Crippen LogP contribution in [-0.4, -0.2) is 85.6 Å². The molecule has 180 valence electrons. The second-order valence-electron chi connectivity index (χ2n) is 8.09. The molecule has 0 bridgehead atoms. The Balaban J connectivity index is 0.000000451. The first-order chi connectivity index (χ1) is 15.0. The molecule has 1 aromatic carbocycles. The molecule has 0 unspecified atom stereocenters. The fourth-order valence-corrected chi connectivity index (χ4v) is 3.81. The van der Waals surface area contributed by atoms with E-state index in [4.69, 9.17) is 20.7 Å². The number of piperazine rings is 1. The second kappa shape index (κ2) is 11.4. The number of carboxylic acids is 1. The lowest BCUT2D eigenvalue weighted by Gasteiger charge is -2.37. The Morgan fingerprint density at radius 2 is 1.62 bits per heavy atom. The van der Waals surface area contributed by atoms with Crippen LogP contribution in [-0.2, 0) is 4.79 Å². The topological polar surface area (TPSA) is 110 Å². The summed E-state index contributed by atoms with van der Waals surface area (Å²) < 4.78 is 31.7. The number of carboxylic acid groups (broad SMARTS) is 1. The van der Waals surface area contributed by atoms with E-state index in [1.165, 1.54) is 0 Å². The van der Waals surface area contributed by atoms with Crippen LogP contribution < -0.4 is 15.5 Å². The third-order valence-electron chi connectivity index (χ3n) is 5.77. The van der Waals surface area contributed by atoms with Crippen molar-refractivity contribution in [2.45, 2.75) is 25.9 Å². The molecule has 0 saturated carbocycles. The summed E-state index contributed by atoms with van der Waals surface area (Å²) in [6.07, 6.45) is -2.77. The lowest BCUT2D eigenvalue weighted by molar-refractivity contribution is -0.192. The van der Waals surface area contributed by atoms with E-state index in [0.29, 0.717) is 5.56 Å². The van der Waals surface area contributed by atoms with Crippen LogP contribution in [0.25, 0.3) is 0 Å². The summed E-state index contributed by atoms with van der Waals surface area (Å²) in [7, 11) is 0. The van der Waals surface area contributed by atoms with Crippen molar-refractivity contribution in [3.05, 3.63) is 23.8 Å². The van der Waals surface area contributed by atoms with E-state index in [-0.39, 0.29) is 12.5 Å². The first kappa shape index (κ1) is 25.7. The van der Waals surface area contributed by atoms with Crippen molar-refractivity contribution in [3.8, 4) is 0 Å². The van der Waals surface area contributed by atoms with Crippen LogP contribution in [0.3, 0.4) is 0 Å². The lowest BCUT2D eigenvalue weighted by atomic mass is 9.97. The van der Waals surface area contributed by atoms with Crippen molar-refractivity contribution < 1.29 is 33.0 Å². The van der Waals surface area contributed by atoms with Gasteiger partial charge >= 0.3 is 12.1 Å². The number of hydrogen-bond donors (Lipinski definition) is 3. The number of halogens is 3. The number of rotatable bonds is 5. The van der Waals surface area contributed by atoms with Crippen molar-refractivity contribution in [1.82, 2.24) is 4.90 Å². The first-order valence-electron chi connectivity index (χ1n) is 10.6. The maximum Gasteiger partial charge on any atom is 0.490 e. The number of nitrogens with zero attached hydrogens (tertiary/aromatic N) is 3. The number of hydrogen-bond acceptors (Lipinski definition) is 6. The number of benzene rings is 1. The normalized spacial score (nSPS) is 18.2. The maximum atomic E-state index is 11.9. The van der Waals surface area contributed by atoms with E-state index in [2.05, 4.69) is 27.7 Å². The van der Waals surface area contributed by atoms with E-state index in [9.17, 15) is 18.0 Å². The molecule has 3 rings (SSSR count). The highest BCUT2D eigenvalue weighted by molar-refractivity contribution is 5.99. The third-order valence-corrected chi connectivity index (χ3v) is 5.77. The van der Waals surface area contributed by atoms with E-state index in [0.717, 1.165) is 75.9 Å². The van der Waals surface area contributed by atoms with Gasteiger partial charge in [-0.1, -0.05) is 6.92 Å². The molecule has 1 amide bonds. The van der Waals surface area contributed by atoms with Crippen LogP contribution in [0.15, 0.2) is 18.2 Å². The minimum Gasteiger partial charge on any atom is -0.475 e. The highest BCUT2D eigenvalue weighted by Gasteiger charge is 2.38. The second-order valence-corrected chi connectivity index (χ2v) is 8.09. The summed E-state index contributed by atoms with van der Waals surface area (Å²) in [4.78, 5) is 27.7. The minimum absolute atomic E-state index is 0.213. The fourth-order valence-electron chi connectivity index (χ4n) is 3.81. The van der Waals surface area contributed by atoms with Crippen molar-refractivity contribution in [2.75, 3.05) is 62.2 Å². The number of piperidine rings is 1. The first-order valence-corrected chi connectivity index (χ1v) is 10.6. The number of carbonyl (C=O) groups is 2. The van der Waals surface area contributed by atoms with Gasteiger partial charge in [0.15, 0.2) is 0 Å². The summed E-state index contributed by atoms with van der Waals surface area (Å²) in [5.41, 5.74) is 8.38. The number of aliphatic carboxylic acids is 1. The number of aliphatic hydroxyl groups excluding tert-OH is 1. The lowest BCUT2D eigenvalue weighted by Crippen LogP contribution is -2.47. The SMILES string of the molecule is CC1CCN(c2cc(N3CCN(CCO)CC3)ccc2C(N)=O)CC1.O=C(O)C(F)(F)F. The number of primary amides is 1. The zero-order valence-electron chi connectivity index (χ0n) is 18.1. The predicted octanol–water partition coefficient (Wildman–Crippen LogP) is 1.77. The zero-order chi connectivity index (χ0) is 23.9. The van der Waals surface area contributed by atoms with Crippen LogP contribution in [0.4, 0.5) is 24.5 Å². The minimum atomic E-state index is -5.08. The van der Waals surface area contributed by atoms with Crippen LogP contribution >= 0.6 is 0 Å². The van der Waals surface area contributed by atoms with Gasteiger partial charge in [0, 0.05) is 51.5 Å². The Hall–Kier alpha value is -2.53. The average Bonchev–Trinajstić information content (AvgIpc) is 2.74. The molecule has 2 fully saturated rings. The molecular weight excluding hydrogens is 429 g/mol. The molecule has 0 radical (unpaired) electrons. The Kier molecular flexibility index (Phi) is 9.14. The number of alkyl halides is 3. The number of carbonyl (C=O) groups excluding carboxylic acids is 1. The molecule has 32 heavy (non-hydrogen) atoms. The predicted molar refractivity (Wildman–Crippen MR) is 115 cm³/mol. The molecule has 0 aromatic heterocycles. The standard InChI is InChI=1S/C19H30N4O2.C2HF3O2/c1-15-4-6-23(7-5-15)18-14-16(2-3-17(18)19(20)25)22-10-8-21(9-11-22)12-13-24;3-2(4,5)1(6)7/h2-3,14-15,24H,4-13H2,1H3,(H2,20,25);(H,6,7). The Labute approximate surface area is 185 Å². The molecule has 11 heteroatoms. The quantitative estimate of drug-likeness (QED) is 0.614. The molecular formula is C21H31F3N4O4. The van der Waals surface area contributed by atoms with Gasteiger partial charge in [0.1, 0.15) is 0 Å². The largest absolute Gasteiger partial charge is 0.490 e. The molecule has 2 saturated heterocycles. The van der Waals surface area contributed by atoms with Crippen LogP contribution in [0.5, 0.6) is 0 Å². The molecule has 0 spiro atoms. The highest BCUT2D eigenvalue weighted by atomic mass is 19.4. The van der Waals surface area contributed by atoms with Crippen molar-refractivity contribution >= 4 is 23.3 Å². The summed E-state index contributed by atoms with van der Waals surface area (Å²) in [5, 5.41) is 16.2. The number of β-amino-alcohol motifs (C(OH)–C–C–N with tert-alkyl or cyclic N) is 1. The summed E-state index contributed by atoms with van der Waals surface area (Å²) in [5.74, 6) is -2.36. The zero-order valence-corrected chi connectivity index (χ0v) is 18.1. The van der Waals surface area contributed by atoms with Gasteiger partial charge in [0.2, 0.25) is 0 Å². The van der Waals surface area contributed by atoms with E-state index >= 15 is 0 Å². The molecule has 4 N–H and O–H groups in total. The summed E-state index contributed by atoms with van der Waals surface area (Å²) >= 11 is 0. The Morgan fingerprint density at radius 3 is 2.09 bits per heavy atom. The average molecular weight is 460 g/mol. The molecule has 1 aromatic rings. The van der Waals surface area contributed by atoms with Crippen molar-refractivity contribution in [1.29, 1.82) is 0 Å². The molecule has 0 aliphatic carbocycles. The van der Waals surface area contributed by atoms with Crippen molar-refractivity contribution in [2.24, 2.45) is 11.7 Å². The number of anilines is 2. The smallest absolute Gasteiger partial charge is 0.475 e. The fraction of sp³-hybridized carbons (Fsp3) is 0.619. The van der Waals surface area contributed by atoms with Gasteiger partial charge in [-0.05, 0) is 37.0 Å². The van der Waals surface area contributed by atoms with Crippen LogP contribution in [0.2, 0.25) is 0 Å². The van der Waals surface area contributed by atoms with E-state index < -0.39 is 12.1 Å². The molecule has 8 nitrogen and oxygen atoms in total. The summed E-state index contributed by atoms with van der Waals surface area (Å²) in [6.45, 7) is 8.98. The van der Waals surface area contributed by atoms with Crippen LogP contribution in [0, 0.1) is 5.92 Å². The molecule has 2 heterocycles. The van der Waals surface area contributed by atoms with Gasteiger partial charge in [-0.25, -0.2) is 4.79 Å². The monoisotopic (exact) mass is 460 g/mol. The van der Waals surface area contributed by atoms with Gasteiger partial charge in [-0.3, -0.25) is 9.69 Å². The highest BCUT2D eigenvalue weighted by Crippen LogP contribution is 2.30. The maximum absolute atomic E-state index is 11.9. The number of aliphatic hydroxyl groups is 1. The Bertz CT molecular complexity index is 775. The Morgan fingerprint density at radius 1 is 1.06 bits per heavy atom. The van der Waals surface area contributed by atoms with Gasteiger partial charge in [-0.2, -0.15) is 13.2 Å². The molecule has 0 atom stereocenters. The molecule has 2 aliphatic heterocycles. The van der Waals surface area contributed by atoms with Crippen LogP contribution in [0.1, 0.15) is 30.1 Å². The molecule has 2 aliphatic rings. The van der Waals surface area contributed by atoms with Gasteiger partial charge in [0.05, 0.1) is 17.9 Å². The van der Waals surface area contributed by atoms with Gasteiger partial charge < -0.3 is 25.7 Å². The van der Waals surface area contributed by atoms with E-state index in [1.54, 1.807) is 0 Å². The number of nitrogens with two attached hydrogens (primary N) is 1. The van der Waals surface area contributed by atoms with Gasteiger partial charge in [-0.15, -0.1) is 0 Å². The third kappa shape index (κ3) is 7.27.